The largest absolute Gasteiger partial charge is 0.491 e. The van der Waals surface area contributed by atoms with E-state index in [1.54, 1.807) is 28.4 Å². The highest BCUT2D eigenvalue weighted by Crippen LogP contribution is 2.34. The second-order valence-electron chi connectivity index (χ2n) is 9.65. The number of carbonyl (C=O) groups is 2. The Morgan fingerprint density at radius 1 is 1.17 bits per heavy atom. The Hall–Kier alpha value is -2.83. The van der Waals surface area contributed by atoms with Gasteiger partial charge in [0.1, 0.15) is 18.9 Å². The number of nitrogens with zero attached hydrogens (tertiary/aromatic N) is 2. The Balaban J connectivity index is 1.53. The van der Waals surface area contributed by atoms with Gasteiger partial charge in [0.05, 0.1) is 6.04 Å². The Kier molecular flexibility index (Phi) is 8.70. The van der Waals surface area contributed by atoms with Crippen molar-refractivity contribution in [2.24, 2.45) is 5.92 Å². The molecule has 7 heteroatoms. The van der Waals surface area contributed by atoms with E-state index in [0.29, 0.717) is 36.2 Å². The summed E-state index contributed by atoms with van der Waals surface area (Å²) in [6.07, 6.45) is 1.65. The maximum Gasteiger partial charge on any atom is 0.254 e. The predicted molar refractivity (Wildman–Crippen MR) is 146 cm³/mol. The smallest absolute Gasteiger partial charge is 0.254 e. The van der Waals surface area contributed by atoms with Crippen molar-refractivity contribution in [2.75, 3.05) is 26.2 Å². The van der Waals surface area contributed by atoms with E-state index in [9.17, 15) is 9.59 Å². The van der Waals surface area contributed by atoms with Crippen LogP contribution in [0.2, 0.25) is 5.02 Å². The van der Waals surface area contributed by atoms with Crippen LogP contribution in [0.5, 0.6) is 5.75 Å². The molecule has 4 rings (SSSR count). The summed E-state index contributed by atoms with van der Waals surface area (Å²) < 4.78 is 6.16. The first-order valence-electron chi connectivity index (χ1n) is 12.4. The Morgan fingerprint density at radius 3 is 2.67 bits per heavy atom. The zero-order chi connectivity index (χ0) is 25.7. The number of ether oxygens (including phenoxy) is 1. The topological polar surface area (TPSA) is 49.9 Å². The molecule has 0 saturated heterocycles. The number of rotatable bonds is 9. The molecule has 0 aliphatic carbocycles. The monoisotopic (exact) mass is 524 g/mol. The molecule has 0 spiro atoms. The molecule has 1 aliphatic heterocycles. The highest BCUT2D eigenvalue weighted by molar-refractivity contribution is 7.10. The molecule has 0 N–H and O–H groups in total. The minimum Gasteiger partial charge on any atom is -0.491 e. The van der Waals surface area contributed by atoms with E-state index in [4.69, 9.17) is 16.3 Å². The summed E-state index contributed by atoms with van der Waals surface area (Å²) in [5.41, 5.74) is 2.68. The van der Waals surface area contributed by atoms with Crippen molar-refractivity contribution in [1.82, 2.24) is 9.80 Å². The highest BCUT2D eigenvalue weighted by Gasteiger charge is 2.33. The summed E-state index contributed by atoms with van der Waals surface area (Å²) in [5, 5.41) is 2.77. The van der Waals surface area contributed by atoms with E-state index < -0.39 is 0 Å². The van der Waals surface area contributed by atoms with Gasteiger partial charge in [-0.05, 0) is 78.6 Å². The first kappa shape index (κ1) is 26.2. The SMILES string of the molecule is Cc1cc(OC[C@@H]2c3ccsc3CCN2C(=O)CN(CCC(C)C)C(=O)c2ccccc2)ccc1Cl. The third-order valence-electron chi connectivity index (χ3n) is 6.56. The first-order valence-corrected chi connectivity index (χ1v) is 13.7. The van der Waals surface area contributed by atoms with Crippen LogP contribution in [-0.2, 0) is 11.2 Å². The van der Waals surface area contributed by atoms with Crippen LogP contribution in [0.3, 0.4) is 0 Å². The van der Waals surface area contributed by atoms with Gasteiger partial charge in [0.15, 0.2) is 0 Å². The van der Waals surface area contributed by atoms with Crippen LogP contribution in [0.1, 0.15) is 52.7 Å². The van der Waals surface area contributed by atoms with Crippen LogP contribution in [-0.4, -0.2) is 47.9 Å². The molecule has 5 nitrogen and oxygen atoms in total. The van der Waals surface area contributed by atoms with E-state index in [-0.39, 0.29) is 24.4 Å². The maximum atomic E-state index is 13.7. The lowest BCUT2D eigenvalue weighted by molar-refractivity contribution is -0.135. The van der Waals surface area contributed by atoms with Crippen LogP contribution in [0, 0.1) is 12.8 Å². The normalized spacial score (nSPS) is 15.0. The fourth-order valence-corrected chi connectivity index (χ4v) is 5.49. The van der Waals surface area contributed by atoms with Crippen LogP contribution in [0.4, 0.5) is 0 Å². The lowest BCUT2D eigenvalue weighted by Gasteiger charge is -2.37. The molecule has 2 heterocycles. The van der Waals surface area contributed by atoms with Gasteiger partial charge in [-0.1, -0.05) is 43.6 Å². The quantitative estimate of drug-likeness (QED) is 0.325. The van der Waals surface area contributed by atoms with Gasteiger partial charge in [0, 0.05) is 28.6 Å². The maximum absolute atomic E-state index is 13.7. The van der Waals surface area contributed by atoms with E-state index in [2.05, 4.69) is 25.3 Å². The average molecular weight is 525 g/mol. The lowest BCUT2D eigenvalue weighted by atomic mass is 10.00. The third-order valence-corrected chi connectivity index (χ3v) is 7.98. The molecule has 36 heavy (non-hydrogen) atoms. The number of halogens is 1. The second kappa shape index (κ2) is 11.9. The fraction of sp³-hybridized carbons (Fsp3) is 0.379. The van der Waals surface area contributed by atoms with Crippen molar-refractivity contribution >= 4 is 34.8 Å². The third kappa shape index (κ3) is 6.29. The number of hydrogen-bond acceptors (Lipinski definition) is 4. The molecule has 2 amide bonds. The van der Waals surface area contributed by atoms with E-state index in [1.807, 2.05) is 48.2 Å². The predicted octanol–water partition coefficient (Wildman–Crippen LogP) is 6.40. The zero-order valence-electron chi connectivity index (χ0n) is 21.1. The minimum atomic E-state index is -0.206. The van der Waals surface area contributed by atoms with E-state index in [1.165, 1.54) is 4.88 Å². The van der Waals surface area contributed by atoms with Gasteiger partial charge in [0.2, 0.25) is 5.91 Å². The molecule has 1 aliphatic rings. The number of aryl methyl sites for hydroxylation is 1. The molecule has 190 valence electrons. The molecule has 0 bridgehead atoms. The number of benzene rings is 2. The molecule has 0 unspecified atom stereocenters. The highest BCUT2D eigenvalue weighted by atomic mass is 35.5. The van der Waals surface area contributed by atoms with Crippen LogP contribution in [0.25, 0.3) is 0 Å². The van der Waals surface area contributed by atoms with Gasteiger partial charge >= 0.3 is 0 Å². The van der Waals surface area contributed by atoms with Crippen molar-refractivity contribution in [3.05, 3.63) is 86.6 Å². The number of fused-ring (bicyclic) bond motifs is 1. The summed E-state index contributed by atoms with van der Waals surface area (Å²) in [6.45, 7) is 7.74. The van der Waals surface area contributed by atoms with Crippen molar-refractivity contribution in [3.8, 4) is 5.75 Å². The fourth-order valence-electron chi connectivity index (χ4n) is 4.44. The molecule has 1 aromatic heterocycles. The van der Waals surface area contributed by atoms with Gasteiger partial charge in [-0.25, -0.2) is 0 Å². The second-order valence-corrected chi connectivity index (χ2v) is 11.1. The molecule has 0 saturated carbocycles. The van der Waals surface area contributed by atoms with Gasteiger partial charge in [-0.2, -0.15) is 0 Å². The Bertz CT molecular complexity index is 1190. The number of thiophene rings is 1. The summed E-state index contributed by atoms with van der Waals surface area (Å²) >= 11 is 7.89. The molecule has 0 fully saturated rings. The van der Waals surface area contributed by atoms with Crippen molar-refractivity contribution in [3.63, 3.8) is 0 Å². The van der Waals surface area contributed by atoms with Crippen molar-refractivity contribution in [2.45, 2.75) is 39.7 Å². The van der Waals surface area contributed by atoms with Gasteiger partial charge in [-0.3, -0.25) is 9.59 Å². The summed E-state index contributed by atoms with van der Waals surface area (Å²) in [5.74, 6) is 0.992. The minimum absolute atomic E-state index is 0.0521. The average Bonchev–Trinajstić information content (AvgIpc) is 3.36. The Morgan fingerprint density at radius 2 is 1.94 bits per heavy atom. The Labute approximate surface area is 222 Å². The lowest BCUT2D eigenvalue weighted by Crippen LogP contribution is -2.48. The van der Waals surface area contributed by atoms with Crippen molar-refractivity contribution < 1.29 is 14.3 Å². The van der Waals surface area contributed by atoms with Crippen LogP contribution < -0.4 is 4.74 Å². The number of hydrogen-bond donors (Lipinski definition) is 0. The molecular weight excluding hydrogens is 492 g/mol. The summed E-state index contributed by atoms with van der Waals surface area (Å²) in [6, 6.07) is 16.7. The molecule has 0 radical (unpaired) electrons. The number of amides is 2. The zero-order valence-corrected chi connectivity index (χ0v) is 22.6. The summed E-state index contributed by atoms with van der Waals surface area (Å²) in [4.78, 5) is 31.9. The van der Waals surface area contributed by atoms with Gasteiger partial charge < -0.3 is 14.5 Å². The van der Waals surface area contributed by atoms with Gasteiger partial charge in [-0.15, -0.1) is 11.3 Å². The number of carbonyl (C=O) groups excluding carboxylic acids is 2. The van der Waals surface area contributed by atoms with E-state index >= 15 is 0 Å². The molecule has 2 aromatic carbocycles. The van der Waals surface area contributed by atoms with Gasteiger partial charge in [0.25, 0.3) is 5.91 Å². The molecular formula is C29H33ClN2O3S. The van der Waals surface area contributed by atoms with Crippen LogP contribution in [0.15, 0.2) is 60.0 Å². The first-order chi connectivity index (χ1) is 17.3. The molecule has 1 atom stereocenters. The van der Waals surface area contributed by atoms with E-state index in [0.717, 1.165) is 29.7 Å². The van der Waals surface area contributed by atoms with Crippen molar-refractivity contribution in [1.29, 1.82) is 0 Å². The molecule has 3 aromatic rings. The summed E-state index contributed by atoms with van der Waals surface area (Å²) in [7, 11) is 0. The van der Waals surface area contributed by atoms with Crippen LogP contribution >= 0.6 is 22.9 Å². The standard InChI is InChI=1S/C29H33ClN2O3S/c1-20(2)11-14-31(29(34)22-7-5-4-6-8-22)18-28(33)32-15-12-27-24(13-16-36-27)26(32)19-35-23-9-10-25(30)21(3)17-23/h4-10,13,16-17,20,26H,11-12,14-15,18-19H2,1-3H3/t26-/m1/s1.